The molecule has 1 amide bonds. The number of amides is 1. The Morgan fingerprint density at radius 3 is 1.95 bits per heavy atom. The number of carbonyl (C=O) groups excluding carboxylic acids is 1. The summed E-state index contributed by atoms with van der Waals surface area (Å²) >= 11 is 0. The van der Waals surface area contributed by atoms with Crippen LogP contribution in [0.1, 0.15) is 47.0 Å². The van der Waals surface area contributed by atoms with Gasteiger partial charge < -0.3 is 15.5 Å². The van der Waals surface area contributed by atoms with Crippen molar-refractivity contribution in [1.82, 2.24) is 15.5 Å². The number of fused-ring (bicyclic) bond motifs is 2. The molecule has 0 aromatic heterocycles. The molecular weight excluding hydrogens is 238 g/mol. The van der Waals surface area contributed by atoms with Crippen LogP contribution in [0, 0.1) is 5.92 Å². The second-order valence-corrected chi connectivity index (χ2v) is 5.06. The third kappa shape index (κ3) is 4.18. The molecule has 0 aromatic carbocycles. The van der Waals surface area contributed by atoms with Gasteiger partial charge in [-0.1, -0.05) is 27.7 Å². The van der Waals surface area contributed by atoms with Crippen molar-refractivity contribution >= 4 is 5.91 Å². The van der Waals surface area contributed by atoms with E-state index in [1.807, 2.05) is 27.7 Å². The third-order valence-corrected chi connectivity index (χ3v) is 3.92. The highest BCUT2D eigenvalue weighted by molar-refractivity contribution is 5.79. The highest BCUT2D eigenvalue weighted by atomic mass is 16.2. The highest BCUT2D eigenvalue weighted by Gasteiger charge is 2.39. The van der Waals surface area contributed by atoms with Crippen molar-refractivity contribution in [2.45, 2.75) is 59.0 Å². The van der Waals surface area contributed by atoms with Crippen LogP contribution in [0.4, 0.5) is 0 Å². The Morgan fingerprint density at radius 1 is 1.00 bits per heavy atom. The minimum atomic E-state index is 0.295. The van der Waals surface area contributed by atoms with Gasteiger partial charge in [0, 0.05) is 31.1 Å². The van der Waals surface area contributed by atoms with E-state index in [1.54, 1.807) is 0 Å². The number of hydrogen-bond donors (Lipinski definition) is 2. The van der Waals surface area contributed by atoms with Crippen LogP contribution >= 0.6 is 0 Å². The lowest BCUT2D eigenvalue weighted by Crippen LogP contribution is -2.68. The molecule has 2 unspecified atom stereocenters. The van der Waals surface area contributed by atoms with E-state index in [0.717, 1.165) is 39.0 Å². The maximum absolute atomic E-state index is 12.2. The molecule has 2 N–H and O–H groups in total. The first-order valence-electron chi connectivity index (χ1n) is 8.08. The van der Waals surface area contributed by atoms with Gasteiger partial charge in [0.25, 0.3) is 0 Å². The standard InChI is InChI=1S/C11H19N3O.2C2H6/c15-11(8-1-3-12-4-2-8)14-6-9-5-10(7-14)13-9;2*1-2/h8-10,12-13H,1-7H2;2*1-2H3. The lowest BCUT2D eigenvalue weighted by atomic mass is 9.89. The molecule has 19 heavy (non-hydrogen) atoms. The van der Waals surface area contributed by atoms with E-state index in [-0.39, 0.29) is 0 Å². The van der Waals surface area contributed by atoms with Crippen molar-refractivity contribution in [1.29, 1.82) is 0 Å². The van der Waals surface area contributed by atoms with Gasteiger partial charge in [0.15, 0.2) is 0 Å². The number of carbonyl (C=O) groups is 1. The van der Waals surface area contributed by atoms with Crippen LogP contribution in [0.15, 0.2) is 0 Å². The maximum Gasteiger partial charge on any atom is 0.225 e. The molecule has 4 aliphatic rings. The average molecular weight is 269 g/mol. The first-order valence-corrected chi connectivity index (χ1v) is 8.08. The largest absolute Gasteiger partial charge is 0.339 e. The predicted octanol–water partition coefficient (Wildman–Crippen LogP) is 1.61. The topological polar surface area (TPSA) is 44.4 Å². The van der Waals surface area contributed by atoms with Gasteiger partial charge in [0.05, 0.1) is 0 Å². The van der Waals surface area contributed by atoms with Crippen LogP contribution in [-0.4, -0.2) is 49.1 Å². The zero-order valence-electron chi connectivity index (χ0n) is 13.0. The van der Waals surface area contributed by atoms with Crippen molar-refractivity contribution in [3.8, 4) is 0 Å². The molecule has 4 rings (SSSR count). The first-order chi connectivity index (χ1) is 9.33. The molecule has 4 aliphatic heterocycles. The molecule has 4 heteroatoms. The van der Waals surface area contributed by atoms with Crippen molar-refractivity contribution in [2.75, 3.05) is 26.2 Å². The molecule has 0 aliphatic carbocycles. The second-order valence-electron chi connectivity index (χ2n) is 5.06. The van der Waals surface area contributed by atoms with Gasteiger partial charge in [-0.3, -0.25) is 4.79 Å². The zero-order chi connectivity index (χ0) is 14.3. The minimum Gasteiger partial charge on any atom is -0.339 e. The summed E-state index contributed by atoms with van der Waals surface area (Å²) in [6.45, 7) is 11.9. The van der Waals surface area contributed by atoms with Crippen LogP contribution in [-0.2, 0) is 4.79 Å². The molecule has 0 saturated carbocycles. The molecule has 2 bridgehead atoms. The Bertz CT molecular complexity index is 248. The molecule has 4 nitrogen and oxygen atoms in total. The summed E-state index contributed by atoms with van der Waals surface area (Å²) < 4.78 is 0. The quantitative estimate of drug-likeness (QED) is 0.760. The van der Waals surface area contributed by atoms with Gasteiger partial charge >= 0.3 is 0 Å². The summed E-state index contributed by atoms with van der Waals surface area (Å²) in [5.41, 5.74) is 0. The Balaban J connectivity index is 0.000000415. The van der Waals surface area contributed by atoms with E-state index in [4.69, 9.17) is 0 Å². The second kappa shape index (κ2) is 8.54. The zero-order valence-corrected chi connectivity index (χ0v) is 13.0. The molecule has 4 fully saturated rings. The summed E-state index contributed by atoms with van der Waals surface area (Å²) in [6, 6.07) is 1.18. The number of piperidine rings is 2. The Morgan fingerprint density at radius 2 is 1.47 bits per heavy atom. The van der Waals surface area contributed by atoms with E-state index >= 15 is 0 Å². The number of piperazine rings is 1. The van der Waals surface area contributed by atoms with Crippen molar-refractivity contribution in [3.05, 3.63) is 0 Å². The highest BCUT2D eigenvalue weighted by Crippen LogP contribution is 2.24. The minimum absolute atomic E-state index is 0.295. The fourth-order valence-corrected chi connectivity index (χ4v) is 3.02. The summed E-state index contributed by atoms with van der Waals surface area (Å²) in [5, 5.41) is 6.77. The van der Waals surface area contributed by atoms with Gasteiger partial charge in [0.1, 0.15) is 0 Å². The fourth-order valence-electron chi connectivity index (χ4n) is 3.02. The Labute approximate surface area is 118 Å². The average Bonchev–Trinajstić information content (AvgIpc) is 2.51. The van der Waals surface area contributed by atoms with Crippen LogP contribution in [0.5, 0.6) is 0 Å². The van der Waals surface area contributed by atoms with Crippen molar-refractivity contribution in [2.24, 2.45) is 5.92 Å². The Hall–Kier alpha value is -0.610. The number of rotatable bonds is 1. The lowest BCUT2D eigenvalue weighted by Gasteiger charge is -2.49. The summed E-state index contributed by atoms with van der Waals surface area (Å²) in [6.07, 6.45) is 3.33. The van der Waals surface area contributed by atoms with E-state index in [1.165, 1.54) is 6.42 Å². The van der Waals surface area contributed by atoms with Gasteiger partial charge in [0.2, 0.25) is 5.91 Å². The van der Waals surface area contributed by atoms with E-state index in [0.29, 0.717) is 23.9 Å². The SMILES string of the molecule is CC.CC.O=C(C1CCNCC1)N1CC2CC(C1)N2. The maximum atomic E-state index is 12.2. The fraction of sp³-hybridized carbons (Fsp3) is 0.933. The molecular formula is C15H31N3O. The van der Waals surface area contributed by atoms with Gasteiger partial charge in [-0.25, -0.2) is 0 Å². The predicted molar refractivity (Wildman–Crippen MR) is 80.2 cm³/mol. The summed E-state index contributed by atoms with van der Waals surface area (Å²) in [7, 11) is 0. The normalized spacial score (nSPS) is 29.2. The van der Waals surface area contributed by atoms with Gasteiger partial charge in [-0.2, -0.15) is 0 Å². The van der Waals surface area contributed by atoms with Crippen LogP contribution < -0.4 is 10.6 Å². The first kappa shape index (κ1) is 16.4. The van der Waals surface area contributed by atoms with Crippen molar-refractivity contribution in [3.63, 3.8) is 0 Å². The molecule has 2 atom stereocenters. The number of nitrogens with zero attached hydrogens (tertiary/aromatic N) is 1. The van der Waals surface area contributed by atoms with Gasteiger partial charge in [-0.15, -0.1) is 0 Å². The summed E-state index contributed by atoms with van der Waals surface area (Å²) in [5.74, 6) is 0.705. The van der Waals surface area contributed by atoms with E-state index in [2.05, 4.69) is 15.5 Å². The van der Waals surface area contributed by atoms with Crippen LogP contribution in [0.3, 0.4) is 0 Å². The summed E-state index contributed by atoms with van der Waals surface area (Å²) in [4.78, 5) is 14.3. The smallest absolute Gasteiger partial charge is 0.225 e. The lowest BCUT2D eigenvalue weighted by molar-refractivity contribution is -0.140. The molecule has 112 valence electrons. The van der Waals surface area contributed by atoms with Crippen LogP contribution in [0.25, 0.3) is 0 Å². The molecule has 0 aromatic rings. The van der Waals surface area contributed by atoms with Crippen molar-refractivity contribution < 1.29 is 4.79 Å². The Kier molecular flexibility index (Phi) is 7.39. The number of hydrogen-bond acceptors (Lipinski definition) is 3. The van der Waals surface area contributed by atoms with E-state index in [9.17, 15) is 4.79 Å². The molecule has 4 saturated heterocycles. The monoisotopic (exact) mass is 269 g/mol. The number of nitrogens with one attached hydrogen (secondary N) is 2. The van der Waals surface area contributed by atoms with Gasteiger partial charge in [-0.05, 0) is 32.4 Å². The molecule has 0 spiro atoms. The molecule has 4 heterocycles. The van der Waals surface area contributed by atoms with Crippen LogP contribution in [0.2, 0.25) is 0 Å². The molecule has 0 radical (unpaired) electrons. The van der Waals surface area contributed by atoms with E-state index < -0.39 is 0 Å². The third-order valence-electron chi connectivity index (χ3n) is 3.92.